The molecule has 0 fully saturated rings. The minimum absolute atomic E-state index is 0.0170. The normalized spacial score (nSPS) is 13.7. The molecule has 2 N–H and O–H groups in total. The molecule has 0 aromatic carbocycles. The van der Waals surface area contributed by atoms with Gasteiger partial charge in [-0.2, -0.15) is 0 Å². The van der Waals surface area contributed by atoms with E-state index in [0.29, 0.717) is 13.2 Å². The number of hydrogen-bond acceptors (Lipinski definition) is 4. The Hall–Kier alpha value is -0.650. The Morgan fingerprint density at radius 3 is 2.21 bits per heavy atom. The van der Waals surface area contributed by atoms with Gasteiger partial charge in [-0.05, 0) is 32.5 Å². The minimum Gasteiger partial charge on any atom is -0.383 e. The molecule has 0 aliphatic heterocycles. The minimum atomic E-state index is -0.469. The Morgan fingerprint density at radius 2 is 1.79 bits per heavy atom. The highest BCUT2D eigenvalue weighted by molar-refractivity contribution is 5.82. The van der Waals surface area contributed by atoms with Crippen molar-refractivity contribution in [3.63, 3.8) is 0 Å². The van der Waals surface area contributed by atoms with Crippen molar-refractivity contribution in [1.82, 2.24) is 9.80 Å². The SMILES string of the molecule is COCCN(CCCN(C)C)C(=O)C(N)C(C)(C)C. The van der Waals surface area contributed by atoms with Gasteiger partial charge in [0.05, 0.1) is 12.6 Å². The molecular weight excluding hydrogens is 242 g/mol. The molecule has 0 saturated heterocycles. The van der Waals surface area contributed by atoms with Gasteiger partial charge in [0.25, 0.3) is 0 Å². The number of amides is 1. The number of hydrogen-bond donors (Lipinski definition) is 1. The van der Waals surface area contributed by atoms with Crippen molar-refractivity contribution in [2.75, 3.05) is 47.4 Å². The Kier molecular flexibility index (Phi) is 8.22. The number of carbonyl (C=O) groups excluding carboxylic acids is 1. The maximum atomic E-state index is 12.4. The molecule has 1 amide bonds. The Balaban J connectivity index is 4.51. The van der Waals surface area contributed by atoms with Crippen LogP contribution in [-0.4, -0.2) is 69.2 Å². The van der Waals surface area contributed by atoms with Crippen molar-refractivity contribution in [3.05, 3.63) is 0 Å². The van der Waals surface area contributed by atoms with Gasteiger partial charge in [-0.3, -0.25) is 4.79 Å². The van der Waals surface area contributed by atoms with Crippen LogP contribution in [0.5, 0.6) is 0 Å². The first kappa shape index (κ1) is 18.4. The van der Waals surface area contributed by atoms with Crippen LogP contribution in [-0.2, 0) is 9.53 Å². The summed E-state index contributed by atoms with van der Waals surface area (Å²) in [6.07, 6.45) is 0.944. The smallest absolute Gasteiger partial charge is 0.240 e. The quantitative estimate of drug-likeness (QED) is 0.710. The van der Waals surface area contributed by atoms with E-state index < -0.39 is 6.04 Å². The van der Waals surface area contributed by atoms with Crippen molar-refractivity contribution < 1.29 is 9.53 Å². The molecule has 1 atom stereocenters. The molecule has 0 aromatic rings. The Morgan fingerprint density at radius 1 is 1.21 bits per heavy atom. The molecule has 0 radical (unpaired) electrons. The van der Waals surface area contributed by atoms with Crippen LogP contribution in [0.1, 0.15) is 27.2 Å². The van der Waals surface area contributed by atoms with Gasteiger partial charge in [0.15, 0.2) is 0 Å². The zero-order valence-electron chi connectivity index (χ0n) is 13.4. The van der Waals surface area contributed by atoms with Crippen LogP contribution in [0, 0.1) is 5.41 Å². The lowest BCUT2D eigenvalue weighted by molar-refractivity contribution is -0.135. The molecule has 0 aliphatic rings. The van der Waals surface area contributed by atoms with Crippen LogP contribution in [0.4, 0.5) is 0 Å². The van der Waals surface area contributed by atoms with E-state index in [0.717, 1.165) is 19.5 Å². The first-order valence-corrected chi connectivity index (χ1v) is 6.88. The summed E-state index contributed by atoms with van der Waals surface area (Å²) >= 11 is 0. The lowest BCUT2D eigenvalue weighted by atomic mass is 9.86. The maximum Gasteiger partial charge on any atom is 0.240 e. The highest BCUT2D eigenvalue weighted by Crippen LogP contribution is 2.19. The molecule has 0 heterocycles. The summed E-state index contributed by atoms with van der Waals surface area (Å²) in [4.78, 5) is 16.3. The van der Waals surface area contributed by atoms with Gasteiger partial charge in [-0.25, -0.2) is 0 Å². The van der Waals surface area contributed by atoms with Crippen LogP contribution in [0.15, 0.2) is 0 Å². The number of nitrogens with zero attached hydrogens (tertiary/aromatic N) is 2. The van der Waals surface area contributed by atoms with Crippen molar-refractivity contribution in [2.24, 2.45) is 11.1 Å². The molecule has 5 nitrogen and oxygen atoms in total. The molecule has 0 rings (SSSR count). The fourth-order valence-electron chi connectivity index (χ4n) is 1.68. The predicted octanol–water partition coefficient (Wildman–Crippen LogP) is 0.787. The summed E-state index contributed by atoms with van der Waals surface area (Å²) in [7, 11) is 5.70. The summed E-state index contributed by atoms with van der Waals surface area (Å²) in [6, 6.07) is -0.469. The van der Waals surface area contributed by atoms with E-state index in [-0.39, 0.29) is 11.3 Å². The molecule has 0 aliphatic carbocycles. The molecule has 0 bridgehead atoms. The second-order valence-corrected chi connectivity index (χ2v) is 6.32. The van der Waals surface area contributed by atoms with Crippen LogP contribution in [0.2, 0.25) is 0 Å². The van der Waals surface area contributed by atoms with Gasteiger partial charge in [0.2, 0.25) is 5.91 Å². The molecule has 1 unspecified atom stereocenters. The zero-order chi connectivity index (χ0) is 15.1. The number of rotatable bonds is 8. The van der Waals surface area contributed by atoms with Gasteiger partial charge in [0.1, 0.15) is 0 Å². The van der Waals surface area contributed by atoms with Crippen LogP contribution in [0.3, 0.4) is 0 Å². The van der Waals surface area contributed by atoms with Crippen LogP contribution < -0.4 is 5.73 Å². The lowest BCUT2D eigenvalue weighted by Gasteiger charge is -2.32. The molecular formula is C14H31N3O2. The number of nitrogens with two attached hydrogens (primary N) is 1. The van der Waals surface area contributed by atoms with E-state index >= 15 is 0 Å². The topological polar surface area (TPSA) is 58.8 Å². The summed E-state index contributed by atoms with van der Waals surface area (Å²) in [5.41, 5.74) is 5.84. The molecule has 0 saturated carbocycles. The zero-order valence-corrected chi connectivity index (χ0v) is 13.4. The van der Waals surface area contributed by atoms with E-state index in [9.17, 15) is 4.79 Å². The third-order valence-electron chi connectivity index (χ3n) is 3.11. The molecule has 0 aromatic heterocycles. The maximum absolute atomic E-state index is 12.4. The van der Waals surface area contributed by atoms with Gasteiger partial charge in [0, 0.05) is 20.2 Å². The molecule has 5 heteroatoms. The van der Waals surface area contributed by atoms with E-state index in [1.807, 2.05) is 39.8 Å². The van der Waals surface area contributed by atoms with Crippen molar-refractivity contribution >= 4 is 5.91 Å². The van der Waals surface area contributed by atoms with Crippen LogP contribution >= 0.6 is 0 Å². The van der Waals surface area contributed by atoms with E-state index in [1.54, 1.807) is 7.11 Å². The second-order valence-electron chi connectivity index (χ2n) is 6.32. The fourth-order valence-corrected chi connectivity index (χ4v) is 1.68. The summed E-state index contributed by atoms with van der Waals surface area (Å²) in [5, 5.41) is 0. The monoisotopic (exact) mass is 273 g/mol. The summed E-state index contributed by atoms with van der Waals surface area (Å²) < 4.78 is 5.07. The van der Waals surface area contributed by atoms with E-state index in [2.05, 4.69) is 4.90 Å². The van der Waals surface area contributed by atoms with Crippen molar-refractivity contribution in [3.8, 4) is 0 Å². The summed E-state index contributed by atoms with van der Waals surface area (Å²) in [5.74, 6) is 0.0170. The molecule has 19 heavy (non-hydrogen) atoms. The average molecular weight is 273 g/mol. The number of carbonyl (C=O) groups is 1. The third kappa shape index (κ3) is 7.50. The van der Waals surface area contributed by atoms with Gasteiger partial charge >= 0.3 is 0 Å². The molecule has 114 valence electrons. The standard InChI is InChI=1S/C14H31N3O2/c1-14(2,3)12(15)13(18)17(10-11-19-6)9-7-8-16(4)5/h12H,7-11,15H2,1-6H3. The predicted molar refractivity (Wildman–Crippen MR) is 79.1 cm³/mol. The Bertz CT molecular complexity index is 262. The van der Waals surface area contributed by atoms with Crippen LogP contribution in [0.25, 0.3) is 0 Å². The second kappa shape index (κ2) is 8.51. The third-order valence-corrected chi connectivity index (χ3v) is 3.11. The Labute approximate surface area is 118 Å². The number of methoxy groups -OCH3 is 1. The first-order chi connectivity index (χ1) is 8.70. The number of ether oxygens (including phenoxy) is 1. The van der Waals surface area contributed by atoms with Crippen molar-refractivity contribution in [1.29, 1.82) is 0 Å². The highest BCUT2D eigenvalue weighted by Gasteiger charge is 2.30. The van der Waals surface area contributed by atoms with Gasteiger partial charge in [-0.15, -0.1) is 0 Å². The fraction of sp³-hybridized carbons (Fsp3) is 0.929. The first-order valence-electron chi connectivity index (χ1n) is 6.88. The molecule has 0 spiro atoms. The van der Waals surface area contributed by atoms with Gasteiger partial charge in [-0.1, -0.05) is 20.8 Å². The average Bonchev–Trinajstić information content (AvgIpc) is 2.30. The highest BCUT2D eigenvalue weighted by atomic mass is 16.5. The lowest BCUT2D eigenvalue weighted by Crippen LogP contribution is -2.51. The van der Waals surface area contributed by atoms with E-state index in [4.69, 9.17) is 10.5 Å². The van der Waals surface area contributed by atoms with Crippen molar-refractivity contribution in [2.45, 2.75) is 33.2 Å². The van der Waals surface area contributed by atoms with Gasteiger partial charge < -0.3 is 20.3 Å². The van der Waals surface area contributed by atoms with E-state index in [1.165, 1.54) is 0 Å². The largest absolute Gasteiger partial charge is 0.383 e. The summed E-state index contributed by atoms with van der Waals surface area (Å²) in [6.45, 7) is 8.81.